The topological polar surface area (TPSA) is 56.7 Å². The van der Waals surface area contributed by atoms with Crippen LogP contribution in [0.15, 0.2) is 41.4 Å². The first-order chi connectivity index (χ1) is 14.1. The second-order valence-corrected chi connectivity index (χ2v) is 7.47. The molecular weight excluding hydrogens is 374 g/mol. The van der Waals surface area contributed by atoms with E-state index in [2.05, 4.69) is 20.5 Å². The van der Waals surface area contributed by atoms with Crippen LogP contribution in [0, 0.1) is 11.6 Å². The number of nitrogens with zero attached hydrogens (tertiary/aromatic N) is 2. The number of piperidine rings is 1. The molecule has 1 unspecified atom stereocenters. The number of hydrogen-bond donors (Lipinski definition) is 2. The average Bonchev–Trinajstić information content (AvgIpc) is 3.02. The van der Waals surface area contributed by atoms with Gasteiger partial charge in [0.25, 0.3) is 0 Å². The maximum absolute atomic E-state index is 14.4. The van der Waals surface area contributed by atoms with Crippen LogP contribution in [-0.4, -0.2) is 43.2 Å². The molecule has 2 N–H and O–H groups in total. The summed E-state index contributed by atoms with van der Waals surface area (Å²) in [6, 6.07) is 8.87. The number of rotatable bonds is 6. The summed E-state index contributed by atoms with van der Waals surface area (Å²) in [5.74, 6) is -1.68. The SMILES string of the molecule is O=C1Nc2cc(F)ccc2C1C=Nc1ccc(NCCN2CCCCC2)c(F)c1. The summed E-state index contributed by atoms with van der Waals surface area (Å²) in [5.41, 5.74) is 1.98. The smallest absolute Gasteiger partial charge is 0.237 e. The van der Waals surface area contributed by atoms with E-state index in [-0.39, 0.29) is 11.7 Å². The molecule has 29 heavy (non-hydrogen) atoms. The number of amides is 1. The van der Waals surface area contributed by atoms with Crippen molar-refractivity contribution in [1.82, 2.24) is 4.90 Å². The lowest BCUT2D eigenvalue weighted by Crippen LogP contribution is -2.33. The largest absolute Gasteiger partial charge is 0.381 e. The molecule has 2 aliphatic heterocycles. The number of likely N-dealkylation sites (tertiary alicyclic amines) is 1. The van der Waals surface area contributed by atoms with Crippen molar-refractivity contribution in [1.29, 1.82) is 0 Å². The summed E-state index contributed by atoms with van der Waals surface area (Å²) in [6.07, 6.45) is 5.24. The van der Waals surface area contributed by atoms with Crippen LogP contribution >= 0.6 is 0 Å². The van der Waals surface area contributed by atoms with E-state index in [1.807, 2.05) is 0 Å². The molecule has 2 aromatic rings. The van der Waals surface area contributed by atoms with E-state index >= 15 is 0 Å². The fraction of sp³-hybridized carbons (Fsp3) is 0.364. The maximum atomic E-state index is 14.4. The van der Waals surface area contributed by atoms with Crippen molar-refractivity contribution in [2.75, 3.05) is 36.8 Å². The summed E-state index contributed by atoms with van der Waals surface area (Å²) < 4.78 is 27.7. The Morgan fingerprint density at radius 3 is 2.76 bits per heavy atom. The number of nitrogens with one attached hydrogen (secondary N) is 2. The van der Waals surface area contributed by atoms with Gasteiger partial charge in [0.2, 0.25) is 5.91 Å². The van der Waals surface area contributed by atoms with Crippen LogP contribution in [-0.2, 0) is 4.79 Å². The Morgan fingerprint density at radius 1 is 1.14 bits per heavy atom. The van der Waals surface area contributed by atoms with E-state index in [4.69, 9.17) is 0 Å². The minimum absolute atomic E-state index is 0.272. The van der Waals surface area contributed by atoms with E-state index < -0.39 is 11.7 Å². The third kappa shape index (κ3) is 4.62. The molecule has 0 radical (unpaired) electrons. The van der Waals surface area contributed by atoms with Crippen LogP contribution in [0.25, 0.3) is 0 Å². The second kappa shape index (κ2) is 8.69. The lowest BCUT2D eigenvalue weighted by Gasteiger charge is -2.26. The maximum Gasteiger partial charge on any atom is 0.237 e. The van der Waals surface area contributed by atoms with E-state index in [0.717, 1.165) is 19.6 Å². The molecule has 1 amide bonds. The molecule has 0 saturated carbocycles. The second-order valence-electron chi connectivity index (χ2n) is 7.47. The first-order valence-electron chi connectivity index (χ1n) is 10.0. The Hall–Kier alpha value is -2.80. The molecule has 1 saturated heterocycles. The third-order valence-corrected chi connectivity index (χ3v) is 5.41. The Morgan fingerprint density at radius 2 is 1.97 bits per heavy atom. The molecule has 2 aromatic carbocycles. The van der Waals surface area contributed by atoms with Crippen LogP contribution in [0.5, 0.6) is 0 Å². The third-order valence-electron chi connectivity index (χ3n) is 5.41. The normalized spacial score (nSPS) is 19.4. The molecule has 0 spiro atoms. The van der Waals surface area contributed by atoms with E-state index in [0.29, 0.717) is 29.2 Å². The summed E-state index contributed by atoms with van der Waals surface area (Å²) in [4.78, 5) is 18.8. The average molecular weight is 398 g/mol. The molecule has 0 bridgehead atoms. The number of aliphatic imine (C=N–C) groups is 1. The summed E-state index contributed by atoms with van der Waals surface area (Å²) in [5, 5.41) is 5.78. The first-order valence-corrected chi connectivity index (χ1v) is 10.0. The zero-order chi connectivity index (χ0) is 20.2. The quantitative estimate of drug-likeness (QED) is 0.714. The Balaban J connectivity index is 1.37. The van der Waals surface area contributed by atoms with Gasteiger partial charge in [-0.05, 0) is 55.8 Å². The minimum atomic E-state index is -0.615. The molecule has 2 heterocycles. The summed E-state index contributed by atoms with van der Waals surface area (Å²) >= 11 is 0. The van der Waals surface area contributed by atoms with Crippen molar-refractivity contribution in [3.63, 3.8) is 0 Å². The Labute approximate surface area is 168 Å². The fourth-order valence-electron chi connectivity index (χ4n) is 3.83. The van der Waals surface area contributed by atoms with Crippen molar-refractivity contribution in [3.8, 4) is 0 Å². The lowest BCUT2D eigenvalue weighted by molar-refractivity contribution is -0.115. The zero-order valence-corrected chi connectivity index (χ0v) is 16.1. The van der Waals surface area contributed by atoms with Gasteiger partial charge in [-0.3, -0.25) is 9.79 Å². The molecule has 2 aliphatic rings. The molecule has 0 aliphatic carbocycles. The number of anilines is 2. The number of halogens is 2. The van der Waals surface area contributed by atoms with Crippen molar-refractivity contribution in [2.24, 2.45) is 4.99 Å². The predicted octanol–water partition coefficient (Wildman–Crippen LogP) is 4.30. The van der Waals surface area contributed by atoms with Gasteiger partial charge in [0, 0.05) is 31.1 Å². The van der Waals surface area contributed by atoms with Gasteiger partial charge in [-0.2, -0.15) is 0 Å². The van der Waals surface area contributed by atoms with E-state index in [1.54, 1.807) is 18.2 Å². The van der Waals surface area contributed by atoms with Crippen molar-refractivity contribution in [3.05, 3.63) is 53.6 Å². The number of fused-ring (bicyclic) bond motifs is 1. The van der Waals surface area contributed by atoms with Gasteiger partial charge < -0.3 is 15.5 Å². The van der Waals surface area contributed by atoms with Gasteiger partial charge in [0.1, 0.15) is 17.6 Å². The molecule has 1 fully saturated rings. The van der Waals surface area contributed by atoms with Crippen LogP contribution in [0.1, 0.15) is 30.7 Å². The summed E-state index contributed by atoms with van der Waals surface area (Å²) in [7, 11) is 0. The van der Waals surface area contributed by atoms with Gasteiger partial charge in [-0.25, -0.2) is 8.78 Å². The number of carbonyl (C=O) groups is 1. The zero-order valence-electron chi connectivity index (χ0n) is 16.1. The van der Waals surface area contributed by atoms with Crippen LogP contribution < -0.4 is 10.6 Å². The molecule has 152 valence electrons. The van der Waals surface area contributed by atoms with E-state index in [9.17, 15) is 13.6 Å². The highest BCUT2D eigenvalue weighted by molar-refractivity contribution is 6.12. The van der Waals surface area contributed by atoms with Gasteiger partial charge in [0.05, 0.1) is 11.4 Å². The highest BCUT2D eigenvalue weighted by atomic mass is 19.1. The van der Waals surface area contributed by atoms with Crippen molar-refractivity contribution < 1.29 is 13.6 Å². The Bertz CT molecular complexity index is 925. The molecular formula is C22H24F2N4O. The first kappa shape index (κ1) is 19.5. The van der Waals surface area contributed by atoms with Gasteiger partial charge in [0.15, 0.2) is 0 Å². The van der Waals surface area contributed by atoms with Crippen LogP contribution in [0.3, 0.4) is 0 Å². The lowest BCUT2D eigenvalue weighted by atomic mass is 10.0. The number of carbonyl (C=O) groups excluding carboxylic acids is 1. The highest BCUT2D eigenvalue weighted by Crippen LogP contribution is 2.32. The summed E-state index contributed by atoms with van der Waals surface area (Å²) in [6.45, 7) is 3.82. The number of benzene rings is 2. The van der Waals surface area contributed by atoms with Gasteiger partial charge >= 0.3 is 0 Å². The predicted molar refractivity (Wildman–Crippen MR) is 111 cm³/mol. The standard InChI is InChI=1S/C22H24F2N4O/c23-15-4-6-17-18(22(29)27-21(17)12-15)14-26-16-5-7-20(19(24)13-16)25-8-11-28-9-2-1-3-10-28/h4-7,12-14,18,25H,1-3,8-11H2,(H,27,29). The fourth-order valence-corrected chi connectivity index (χ4v) is 3.83. The molecule has 7 heteroatoms. The highest BCUT2D eigenvalue weighted by Gasteiger charge is 2.29. The molecule has 5 nitrogen and oxygen atoms in total. The minimum Gasteiger partial charge on any atom is -0.381 e. The van der Waals surface area contributed by atoms with E-state index in [1.165, 1.54) is 43.7 Å². The van der Waals surface area contributed by atoms with Crippen molar-refractivity contribution in [2.45, 2.75) is 25.2 Å². The molecule has 4 rings (SSSR count). The van der Waals surface area contributed by atoms with Gasteiger partial charge in [-0.15, -0.1) is 0 Å². The van der Waals surface area contributed by atoms with Crippen LogP contribution in [0.4, 0.5) is 25.8 Å². The molecule has 0 aromatic heterocycles. The number of hydrogen-bond acceptors (Lipinski definition) is 4. The Kier molecular flexibility index (Phi) is 5.85. The molecule has 1 atom stereocenters. The monoisotopic (exact) mass is 398 g/mol. The van der Waals surface area contributed by atoms with Gasteiger partial charge in [-0.1, -0.05) is 12.5 Å². The van der Waals surface area contributed by atoms with Crippen molar-refractivity contribution >= 4 is 29.2 Å². The van der Waals surface area contributed by atoms with Crippen LogP contribution in [0.2, 0.25) is 0 Å².